The van der Waals surface area contributed by atoms with Gasteiger partial charge in [-0.1, -0.05) is 0 Å². The van der Waals surface area contributed by atoms with Gasteiger partial charge in [0.25, 0.3) is 0 Å². The van der Waals surface area contributed by atoms with Crippen LogP contribution in [0, 0.1) is 0 Å². The van der Waals surface area contributed by atoms with Gasteiger partial charge in [0, 0.05) is 18.0 Å². The topological polar surface area (TPSA) is 41.6 Å². The predicted octanol–water partition coefficient (Wildman–Crippen LogP) is 2.33. The molecule has 0 atom stereocenters. The van der Waals surface area contributed by atoms with Gasteiger partial charge in [-0.3, -0.25) is 4.98 Å². The van der Waals surface area contributed by atoms with Crippen LogP contribution < -0.4 is 0 Å². The molecule has 2 heterocycles. The summed E-state index contributed by atoms with van der Waals surface area (Å²) in [5.74, 6) is 1.93. The van der Waals surface area contributed by atoms with Gasteiger partial charge in [-0.2, -0.15) is 11.8 Å². The summed E-state index contributed by atoms with van der Waals surface area (Å²) in [5.41, 5.74) is 2.11. The first-order valence-electron chi connectivity index (χ1n) is 4.33. The molecule has 3 nitrogen and oxygen atoms in total. The predicted molar refractivity (Wildman–Crippen MR) is 59.0 cm³/mol. The van der Waals surface area contributed by atoms with Gasteiger partial charge in [0.1, 0.15) is 5.82 Å². The summed E-state index contributed by atoms with van der Waals surface area (Å²) in [7, 11) is 0. The first kappa shape index (κ1) is 9.27. The second kappa shape index (κ2) is 4.28. The number of thioether (sulfide) groups is 1. The molecule has 0 saturated heterocycles. The van der Waals surface area contributed by atoms with E-state index < -0.39 is 0 Å². The molecule has 0 amide bonds. The van der Waals surface area contributed by atoms with Gasteiger partial charge in [0.05, 0.1) is 17.6 Å². The summed E-state index contributed by atoms with van der Waals surface area (Å²) < 4.78 is 0. The molecule has 0 aliphatic carbocycles. The molecule has 72 valence electrons. The second-order valence-electron chi connectivity index (χ2n) is 2.92. The Morgan fingerprint density at radius 2 is 2.36 bits per heavy atom. The summed E-state index contributed by atoms with van der Waals surface area (Å²) in [6, 6.07) is 3.94. The van der Waals surface area contributed by atoms with Gasteiger partial charge in [0.15, 0.2) is 0 Å². The highest BCUT2D eigenvalue weighted by Gasteiger charge is 2.01. The Kier molecular flexibility index (Phi) is 2.84. The lowest BCUT2D eigenvalue weighted by Crippen LogP contribution is -1.83. The average molecular weight is 205 g/mol. The van der Waals surface area contributed by atoms with Crippen molar-refractivity contribution in [1.29, 1.82) is 0 Å². The highest BCUT2D eigenvalue weighted by atomic mass is 32.2. The fourth-order valence-electron chi connectivity index (χ4n) is 1.24. The zero-order chi connectivity index (χ0) is 9.80. The molecule has 0 aliphatic heterocycles. The number of H-pyrrole nitrogens is 1. The summed E-state index contributed by atoms with van der Waals surface area (Å²) in [4.78, 5) is 11.6. The molecule has 2 aromatic rings. The first-order chi connectivity index (χ1) is 6.90. The lowest BCUT2D eigenvalue weighted by Gasteiger charge is -1.94. The van der Waals surface area contributed by atoms with Crippen LogP contribution in [0.5, 0.6) is 0 Å². The van der Waals surface area contributed by atoms with E-state index in [0.29, 0.717) is 0 Å². The van der Waals surface area contributed by atoms with E-state index in [4.69, 9.17) is 0 Å². The van der Waals surface area contributed by atoms with E-state index in [0.717, 1.165) is 22.8 Å². The number of hydrogen-bond acceptors (Lipinski definition) is 3. The van der Waals surface area contributed by atoms with Crippen LogP contribution in [0.3, 0.4) is 0 Å². The average Bonchev–Trinajstić information content (AvgIpc) is 2.68. The summed E-state index contributed by atoms with van der Waals surface area (Å²) >= 11 is 1.75. The van der Waals surface area contributed by atoms with Gasteiger partial charge in [-0.15, -0.1) is 0 Å². The van der Waals surface area contributed by atoms with Crippen LogP contribution in [0.2, 0.25) is 0 Å². The minimum absolute atomic E-state index is 0.917. The number of imidazole rings is 1. The molecular formula is C10H11N3S. The maximum absolute atomic E-state index is 4.28. The minimum Gasteiger partial charge on any atom is -0.341 e. The van der Waals surface area contributed by atoms with Crippen molar-refractivity contribution < 1.29 is 0 Å². The largest absolute Gasteiger partial charge is 0.341 e. The Morgan fingerprint density at radius 1 is 1.43 bits per heavy atom. The molecule has 0 unspecified atom stereocenters. The van der Waals surface area contributed by atoms with Gasteiger partial charge < -0.3 is 4.98 Å². The molecule has 0 spiro atoms. The Morgan fingerprint density at radius 3 is 3.07 bits per heavy atom. The monoisotopic (exact) mass is 205 g/mol. The molecule has 0 radical (unpaired) electrons. The summed E-state index contributed by atoms with van der Waals surface area (Å²) in [5, 5.41) is 0. The highest BCUT2D eigenvalue weighted by Crippen LogP contribution is 2.16. The number of nitrogens with zero attached hydrogens (tertiary/aromatic N) is 2. The molecule has 2 aromatic heterocycles. The standard InChI is InChI=1S/C10H11N3S/c1-14-7-10-12-6-9(13-10)8-3-2-4-11-5-8/h2-6H,7H2,1H3,(H,12,13). The lowest BCUT2D eigenvalue weighted by molar-refractivity contribution is 1.12. The van der Waals surface area contributed by atoms with E-state index in [9.17, 15) is 0 Å². The van der Waals surface area contributed by atoms with Crippen molar-refractivity contribution in [1.82, 2.24) is 15.0 Å². The van der Waals surface area contributed by atoms with Crippen LogP contribution in [0.15, 0.2) is 30.7 Å². The Labute approximate surface area is 87.0 Å². The maximum Gasteiger partial charge on any atom is 0.116 e. The van der Waals surface area contributed by atoms with Gasteiger partial charge in [-0.05, 0) is 18.4 Å². The molecular weight excluding hydrogens is 194 g/mol. The van der Waals surface area contributed by atoms with Crippen LogP contribution >= 0.6 is 11.8 Å². The highest BCUT2D eigenvalue weighted by molar-refractivity contribution is 7.97. The van der Waals surface area contributed by atoms with E-state index in [1.807, 2.05) is 24.5 Å². The third-order valence-corrected chi connectivity index (χ3v) is 2.44. The fraction of sp³-hybridized carbons (Fsp3) is 0.200. The van der Waals surface area contributed by atoms with Crippen molar-refractivity contribution in [3.05, 3.63) is 36.5 Å². The molecule has 2 rings (SSSR count). The van der Waals surface area contributed by atoms with Crippen LogP contribution in [-0.2, 0) is 5.75 Å². The Bertz CT molecular complexity index is 397. The number of rotatable bonds is 3. The van der Waals surface area contributed by atoms with Crippen molar-refractivity contribution in [2.45, 2.75) is 5.75 Å². The number of aromatic amines is 1. The quantitative estimate of drug-likeness (QED) is 0.836. The van der Waals surface area contributed by atoms with E-state index in [-0.39, 0.29) is 0 Å². The van der Waals surface area contributed by atoms with Crippen molar-refractivity contribution in [3.8, 4) is 11.3 Å². The van der Waals surface area contributed by atoms with E-state index in [1.54, 1.807) is 18.0 Å². The van der Waals surface area contributed by atoms with Crippen molar-refractivity contribution in [3.63, 3.8) is 0 Å². The van der Waals surface area contributed by atoms with Crippen molar-refractivity contribution in [2.75, 3.05) is 6.26 Å². The smallest absolute Gasteiger partial charge is 0.116 e. The molecule has 0 saturated carbocycles. The molecule has 4 heteroatoms. The summed E-state index contributed by atoms with van der Waals surface area (Å²) in [6.45, 7) is 0. The van der Waals surface area contributed by atoms with Crippen molar-refractivity contribution >= 4 is 11.8 Å². The molecule has 0 bridgehead atoms. The Balaban J connectivity index is 2.25. The van der Waals surface area contributed by atoms with Gasteiger partial charge in [-0.25, -0.2) is 4.98 Å². The second-order valence-corrected chi connectivity index (χ2v) is 3.78. The molecule has 0 aromatic carbocycles. The SMILES string of the molecule is CSCc1ncc(-c2cccnc2)[nH]1. The van der Waals surface area contributed by atoms with Crippen molar-refractivity contribution in [2.24, 2.45) is 0 Å². The molecule has 14 heavy (non-hydrogen) atoms. The number of nitrogens with one attached hydrogen (secondary N) is 1. The fourth-order valence-corrected chi connectivity index (χ4v) is 1.66. The van der Waals surface area contributed by atoms with E-state index in [1.165, 1.54) is 0 Å². The lowest BCUT2D eigenvalue weighted by atomic mass is 10.2. The minimum atomic E-state index is 0.917. The van der Waals surface area contributed by atoms with Gasteiger partial charge >= 0.3 is 0 Å². The zero-order valence-electron chi connectivity index (χ0n) is 7.90. The molecule has 0 fully saturated rings. The number of hydrogen-bond donors (Lipinski definition) is 1. The normalized spacial score (nSPS) is 10.4. The number of pyridine rings is 1. The van der Waals surface area contributed by atoms with Crippen LogP contribution in [0.4, 0.5) is 0 Å². The van der Waals surface area contributed by atoms with Crippen LogP contribution in [0.1, 0.15) is 5.82 Å². The molecule has 1 N–H and O–H groups in total. The third-order valence-electron chi connectivity index (χ3n) is 1.88. The van der Waals surface area contributed by atoms with Gasteiger partial charge in [0.2, 0.25) is 0 Å². The number of aromatic nitrogens is 3. The zero-order valence-corrected chi connectivity index (χ0v) is 8.71. The van der Waals surface area contributed by atoms with E-state index >= 15 is 0 Å². The van der Waals surface area contributed by atoms with Crippen LogP contribution in [0.25, 0.3) is 11.3 Å². The van der Waals surface area contributed by atoms with E-state index in [2.05, 4.69) is 21.2 Å². The third kappa shape index (κ3) is 1.96. The Hall–Kier alpha value is -1.29. The maximum atomic E-state index is 4.28. The summed E-state index contributed by atoms with van der Waals surface area (Å²) in [6.07, 6.45) is 7.51. The molecule has 0 aliphatic rings. The first-order valence-corrected chi connectivity index (χ1v) is 5.73. The van der Waals surface area contributed by atoms with Crippen LogP contribution in [-0.4, -0.2) is 21.2 Å².